The molecule has 0 radical (unpaired) electrons. The van der Waals surface area contributed by atoms with Crippen LogP contribution in [0.3, 0.4) is 0 Å². The van der Waals surface area contributed by atoms with Crippen molar-refractivity contribution in [1.82, 2.24) is 0 Å². The maximum absolute atomic E-state index is 3.41. The highest BCUT2D eigenvalue weighted by Gasteiger charge is 2.22. The molecule has 31 heavy (non-hydrogen) atoms. The molecule has 0 spiro atoms. The van der Waals surface area contributed by atoms with E-state index in [0.29, 0.717) is 0 Å². The molecule has 164 valence electrons. The van der Waals surface area contributed by atoms with E-state index in [1.165, 1.54) is 26.2 Å². The lowest BCUT2D eigenvalue weighted by Crippen LogP contribution is -2.16. The fourth-order valence-corrected chi connectivity index (χ4v) is 5.03. The van der Waals surface area contributed by atoms with Gasteiger partial charge in [-0.2, -0.15) is 0 Å². The van der Waals surface area contributed by atoms with Gasteiger partial charge in [-0.15, -0.1) is 11.8 Å². The van der Waals surface area contributed by atoms with Crippen molar-refractivity contribution in [2.45, 2.75) is 37.5 Å². The van der Waals surface area contributed by atoms with Crippen LogP contribution in [0.15, 0.2) is 106 Å². The molecule has 1 aliphatic rings. The molecule has 0 atom stereocenters. The van der Waals surface area contributed by atoms with E-state index in [1.54, 1.807) is 0 Å². The van der Waals surface area contributed by atoms with Gasteiger partial charge in [-0.3, -0.25) is 0 Å². The minimum Gasteiger partial charge on any atom is -0.384 e. The Morgan fingerprint density at radius 2 is 1.61 bits per heavy atom. The number of rotatable bonds is 9. The summed E-state index contributed by atoms with van der Waals surface area (Å²) in [5.74, 6) is 0.959. The first-order valence-corrected chi connectivity index (χ1v) is 12.8. The first-order valence-electron chi connectivity index (χ1n) is 11.0. The Kier molecular flexibility index (Phi) is 11.8. The lowest BCUT2D eigenvalue weighted by molar-refractivity contribution is 1.00. The highest BCUT2D eigenvalue weighted by molar-refractivity contribution is 8.03. The van der Waals surface area contributed by atoms with Crippen molar-refractivity contribution in [3.8, 4) is 0 Å². The molecule has 2 aromatic rings. The van der Waals surface area contributed by atoms with Crippen molar-refractivity contribution in [2.24, 2.45) is 0 Å². The summed E-state index contributed by atoms with van der Waals surface area (Å²) in [7, 11) is 0. The zero-order valence-corrected chi connectivity index (χ0v) is 20.7. The quantitative estimate of drug-likeness (QED) is 0.305. The van der Waals surface area contributed by atoms with Gasteiger partial charge in [0.15, 0.2) is 0 Å². The predicted molar refractivity (Wildman–Crippen MR) is 143 cm³/mol. The number of nitrogens with zero attached hydrogens (tertiary/aromatic N) is 1. The predicted octanol–water partition coefficient (Wildman–Crippen LogP) is 8.38. The molecule has 1 aliphatic heterocycles. The van der Waals surface area contributed by atoms with Crippen LogP contribution in [0.25, 0.3) is 0 Å². The van der Waals surface area contributed by atoms with E-state index in [2.05, 4.69) is 115 Å². The molecule has 1 N–H and O–H groups in total. The summed E-state index contributed by atoms with van der Waals surface area (Å²) in [6.07, 6.45) is 14.9. The van der Waals surface area contributed by atoms with E-state index < -0.39 is 0 Å². The average molecular weight is 451 g/mol. The van der Waals surface area contributed by atoms with Gasteiger partial charge in [-0.05, 0) is 44.2 Å². The van der Waals surface area contributed by atoms with Crippen LogP contribution in [0.2, 0.25) is 0 Å². The fourth-order valence-electron chi connectivity index (χ4n) is 3.03. The summed E-state index contributed by atoms with van der Waals surface area (Å²) in [6, 6.07) is 17.1. The highest BCUT2D eigenvalue weighted by atomic mass is 32.2. The van der Waals surface area contributed by atoms with E-state index in [0.717, 1.165) is 18.8 Å². The number of anilines is 2. The highest BCUT2D eigenvalue weighted by Crippen LogP contribution is 2.45. The van der Waals surface area contributed by atoms with Crippen LogP contribution in [0, 0.1) is 0 Å². The van der Waals surface area contributed by atoms with Gasteiger partial charge in [0.2, 0.25) is 0 Å². The Labute approximate surface area is 197 Å². The molecule has 0 fully saturated rings. The Bertz CT molecular complexity index is 913. The number of thioether (sulfide) groups is 2. The summed E-state index contributed by atoms with van der Waals surface area (Å²) < 4.78 is 0. The van der Waals surface area contributed by atoms with Crippen LogP contribution < -0.4 is 10.2 Å². The molecular weight excluding hydrogens is 416 g/mol. The number of benzene rings is 2. The van der Waals surface area contributed by atoms with Crippen LogP contribution in [0.4, 0.5) is 11.4 Å². The summed E-state index contributed by atoms with van der Waals surface area (Å²) in [6.45, 7) is 10.2. The molecule has 0 saturated carbocycles. The Balaban J connectivity index is 0.00000166. The smallest absolute Gasteiger partial charge is 0.0801 e. The standard InChI is InChI=1S/C25H28N2S2.C2H6/c1-3-26-21-15-10-12-17-23(21)28-20-14-8-6-5-7-9-19-25-27(4-2)22-16-11-13-18-24(22)29-25;1-2/h5-19,26H,3-4,20H2,1-2H3;1-2H3/b6-5+,9-7+,14-8+,25-19+;. The van der Waals surface area contributed by atoms with Gasteiger partial charge in [0.25, 0.3) is 0 Å². The zero-order valence-electron chi connectivity index (χ0n) is 19.0. The molecule has 3 rings (SSSR count). The van der Waals surface area contributed by atoms with Crippen LogP contribution in [-0.4, -0.2) is 18.8 Å². The molecule has 2 nitrogen and oxygen atoms in total. The third-order valence-electron chi connectivity index (χ3n) is 4.36. The summed E-state index contributed by atoms with van der Waals surface area (Å²) in [4.78, 5) is 4.99. The Morgan fingerprint density at radius 1 is 0.903 bits per heavy atom. The third-order valence-corrected chi connectivity index (χ3v) is 6.52. The number of fused-ring (bicyclic) bond motifs is 1. The van der Waals surface area contributed by atoms with Gasteiger partial charge in [-0.1, -0.05) is 86.3 Å². The second-order valence-corrected chi connectivity index (χ2v) is 8.48. The van der Waals surface area contributed by atoms with Crippen LogP contribution in [0.5, 0.6) is 0 Å². The normalized spacial score (nSPS) is 14.5. The fraction of sp³-hybridized carbons (Fsp3) is 0.259. The van der Waals surface area contributed by atoms with Gasteiger partial charge in [0.1, 0.15) is 0 Å². The third kappa shape index (κ3) is 7.71. The number of para-hydroxylation sites is 2. The molecule has 2 aromatic carbocycles. The summed E-state index contributed by atoms with van der Waals surface area (Å²) in [5, 5.41) is 4.69. The maximum Gasteiger partial charge on any atom is 0.0801 e. The van der Waals surface area contributed by atoms with Crippen molar-refractivity contribution in [3.63, 3.8) is 0 Å². The first-order chi connectivity index (χ1) is 15.3. The molecule has 0 amide bonds. The number of hydrogen-bond donors (Lipinski definition) is 1. The van der Waals surface area contributed by atoms with Gasteiger partial charge in [0, 0.05) is 34.3 Å². The van der Waals surface area contributed by atoms with Crippen molar-refractivity contribution in [3.05, 3.63) is 96.1 Å². The van der Waals surface area contributed by atoms with Gasteiger partial charge in [-0.25, -0.2) is 0 Å². The zero-order chi connectivity index (χ0) is 22.3. The van der Waals surface area contributed by atoms with Crippen LogP contribution in [-0.2, 0) is 0 Å². The maximum atomic E-state index is 3.41. The van der Waals surface area contributed by atoms with E-state index in [1.807, 2.05) is 37.4 Å². The van der Waals surface area contributed by atoms with E-state index >= 15 is 0 Å². The lowest BCUT2D eigenvalue weighted by atomic mass is 10.3. The van der Waals surface area contributed by atoms with Crippen LogP contribution >= 0.6 is 23.5 Å². The van der Waals surface area contributed by atoms with Crippen molar-refractivity contribution in [2.75, 3.05) is 29.1 Å². The van der Waals surface area contributed by atoms with Crippen LogP contribution in [0.1, 0.15) is 27.7 Å². The lowest BCUT2D eigenvalue weighted by Gasteiger charge is -2.17. The second kappa shape index (κ2) is 14.7. The first kappa shape index (κ1) is 25.0. The Hall–Kier alpha value is -2.30. The molecule has 0 aliphatic carbocycles. The Morgan fingerprint density at radius 3 is 2.42 bits per heavy atom. The van der Waals surface area contributed by atoms with Crippen molar-refractivity contribution in [1.29, 1.82) is 0 Å². The van der Waals surface area contributed by atoms with Gasteiger partial charge >= 0.3 is 0 Å². The van der Waals surface area contributed by atoms with E-state index in [-0.39, 0.29) is 0 Å². The number of nitrogens with one attached hydrogen (secondary N) is 1. The molecule has 0 aromatic heterocycles. The van der Waals surface area contributed by atoms with Crippen molar-refractivity contribution >= 4 is 34.9 Å². The number of allylic oxidation sites excluding steroid dienone is 6. The molecule has 1 heterocycles. The molecular formula is C27H34N2S2. The summed E-state index contributed by atoms with van der Waals surface area (Å²) in [5.41, 5.74) is 2.53. The summed E-state index contributed by atoms with van der Waals surface area (Å²) >= 11 is 3.69. The minimum absolute atomic E-state index is 0.944. The molecule has 0 bridgehead atoms. The van der Waals surface area contributed by atoms with E-state index in [9.17, 15) is 0 Å². The SMILES string of the molecule is CC.CCNc1ccccc1SC/C=C/C=C/C=C/C=C1/Sc2ccccc2N1CC. The monoisotopic (exact) mass is 450 g/mol. The molecule has 0 saturated heterocycles. The van der Waals surface area contributed by atoms with E-state index in [4.69, 9.17) is 0 Å². The average Bonchev–Trinajstić information content (AvgIpc) is 3.18. The molecule has 0 unspecified atom stereocenters. The largest absolute Gasteiger partial charge is 0.384 e. The van der Waals surface area contributed by atoms with Gasteiger partial charge in [0.05, 0.1) is 10.7 Å². The van der Waals surface area contributed by atoms with Crippen molar-refractivity contribution < 1.29 is 0 Å². The second-order valence-electron chi connectivity index (χ2n) is 6.35. The van der Waals surface area contributed by atoms with Gasteiger partial charge < -0.3 is 10.2 Å². The topological polar surface area (TPSA) is 15.3 Å². The minimum atomic E-state index is 0.944. The number of hydrogen-bond acceptors (Lipinski definition) is 4. The molecule has 4 heteroatoms.